The van der Waals surface area contributed by atoms with Crippen molar-refractivity contribution in [1.82, 2.24) is 4.40 Å². The summed E-state index contributed by atoms with van der Waals surface area (Å²) < 4.78 is 3.58. The van der Waals surface area contributed by atoms with Crippen LogP contribution >= 0.6 is 15.9 Å². The predicted molar refractivity (Wildman–Crippen MR) is 106 cm³/mol. The Morgan fingerprint density at radius 1 is 0.542 bits per heavy atom. The Bertz CT molecular complexity index is 1410. The maximum absolute atomic E-state index is 3.73. The maximum atomic E-state index is 3.73. The fourth-order valence-corrected chi connectivity index (χ4v) is 4.71. The number of pyridine rings is 1. The Hall–Kier alpha value is -2.58. The molecule has 0 fully saturated rings. The molecule has 112 valence electrons. The van der Waals surface area contributed by atoms with Crippen molar-refractivity contribution in [2.45, 2.75) is 0 Å². The van der Waals surface area contributed by atoms with Crippen LogP contribution < -0.4 is 0 Å². The number of hydrogen-bond acceptors (Lipinski definition) is 0. The van der Waals surface area contributed by atoms with Crippen molar-refractivity contribution in [3.8, 4) is 0 Å². The van der Waals surface area contributed by atoms with Crippen LogP contribution in [0.3, 0.4) is 0 Å². The van der Waals surface area contributed by atoms with Gasteiger partial charge >= 0.3 is 0 Å². The second-order valence-electron chi connectivity index (χ2n) is 6.35. The standard InChI is InChI=1S/C22H12BrN/c23-18-12-11-14-16-7-3-6-15-13-5-1-2-9-19(13)24(22(15)16)20-10-4-8-17(18)21(14)20/h1-12H. The van der Waals surface area contributed by atoms with Crippen LogP contribution in [0.2, 0.25) is 0 Å². The Morgan fingerprint density at radius 2 is 1.21 bits per heavy atom. The summed E-state index contributed by atoms with van der Waals surface area (Å²) in [4.78, 5) is 0. The van der Waals surface area contributed by atoms with Gasteiger partial charge in [0.05, 0.1) is 16.6 Å². The summed E-state index contributed by atoms with van der Waals surface area (Å²) >= 11 is 3.73. The Morgan fingerprint density at radius 3 is 2.12 bits per heavy atom. The maximum Gasteiger partial charge on any atom is 0.0619 e. The van der Waals surface area contributed by atoms with E-state index in [0.29, 0.717) is 0 Å². The quantitative estimate of drug-likeness (QED) is 0.206. The van der Waals surface area contributed by atoms with Crippen LogP contribution in [0.4, 0.5) is 0 Å². The third kappa shape index (κ3) is 1.37. The van der Waals surface area contributed by atoms with Gasteiger partial charge in [-0.15, -0.1) is 0 Å². The van der Waals surface area contributed by atoms with Crippen LogP contribution in [0, 0.1) is 0 Å². The van der Waals surface area contributed by atoms with Gasteiger partial charge in [-0.05, 0) is 29.0 Å². The molecule has 0 radical (unpaired) electrons. The summed E-state index contributed by atoms with van der Waals surface area (Å²) in [5.74, 6) is 0. The Balaban J connectivity index is 2.14. The molecule has 0 bridgehead atoms. The minimum Gasteiger partial charge on any atom is -0.308 e. The predicted octanol–water partition coefficient (Wildman–Crippen LogP) is 6.75. The van der Waals surface area contributed by atoms with E-state index < -0.39 is 0 Å². The highest BCUT2D eigenvalue weighted by Gasteiger charge is 2.17. The van der Waals surface area contributed by atoms with Crippen LogP contribution in [0.15, 0.2) is 77.3 Å². The molecule has 0 saturated heterocycles. The third-order valence-electron chi connectivity index (χ3n) is 5.19. The zero-order valence-corrected chi connectivity index (χ0v) is 14.3. The summed E-state index contributed by atoms with van der Waals surface area (Å²) in [6.07, 6.45) is 0. The first-order valence-corrected chi connectivity index (χ1v) is 8.88. The van der Waals surface area contributed by atoms with Gasteiger partial charge in [0.25, 0.3) is 0 Å². The molecule has 0 aliphatic heterocycles. The molecule has 0 unspecified atom stereocenters. The molecule has 6 rings (SSSR count). The zero-order valence-electron chi connectivity index (χ0n) is 12.8. The molecule has 6 aromatic rings. The van der Waals surface area contributed by atoms with Crippen molar-refractivity contribution in [2.24, 2.45) is 0 Å². The van der Waals surface area contributed by atoms with Gasteiger partial charge in [-0.2, -0.15) is 0 Å². The molecule has 24 heavy (non-hydrogen) atoms. The molecule has 1 nitrogen and oxygen atoms in total. The molecule has 0 N–H and O–H groups in total. The molecule has 4 aromatic carbocycles. The number of nitrogens with zero attached hydrogens (tertiary/aromatic N) is 1. The summed E-state index contributed by atoms with van der Waals surface area (Å²) in [6.45, 7) is 0. The minimum atomic E-state index is 1.15. The highest BCUT2D eigenvalue weighted by atomic mass is 79.9. The van der Waals surface area contributed by atoms with Gasteiger partial charge in [0.1, 0.15) is 0 Å². The lowest BCUT2D eigenvalue weighted by molar-refractivity contribution is 1.35. The fourth-order valence-electron chi connectivity index (χ4n) is 4.25. The Kier molecular flexibility index (Phi) is 2.28. The Labute approximate surface area is 146 Å². The largest absolute Gasteiger partial charge is 0.308 e. The summed E-state index contributed by atoms with van der Waals surface area (Å²) in [7, 11) is 0. The first-order valence-electron chi connectivity index (χ1n) is 8.09. The van der Waals surface area contributed by atoms with E-state index in [9.17, 15) is 0 Å². The van der Waals surface area contributed by atoms with Gasteiger partial charge in [-0.3, -0.25) is 0 Å². The lowest BCUT2D eigenvalue weighted by Gasteiger charge is -2.13. The monoisotopic (exact) mass is 369 g/mol. The lowest BCUT2D eigenvalue weighted by Crippen LogP contribution is -1.92. The molecular weight excluding hydrogens is 358 g/mol. The first kappa shape index (κ1) is 12.8. The summed E-state index contributed by atoms with van der Waals surface area (Å²) in [5.41, 5.74) is 3.87. The van der Waals surface area contributed by atoms with E-state index >= 15 is 0 Å². The van der Waals surface area contributed by atoms with E-state index in [1.807, 2.05) is 0 Å². The number of aromatic nitrogens is 1. The van der Waals surface area contributed by atoms with Crippen molar-refractivity contribution in [2.75, 3.05) is 0 Å². The third-order valence-corrected chi connectivity index (χ3v) is 5.88. The average Bonchev–Trinajstić information content (AvgIpc) is 2.97. The second-order valence-corrected chi connectivity index (χ2v) is 7.20. The number of para-hydroxylation sites is 2. The lowest BCUT2D eigenvalue weighted by atomic mass is 9.99. The summed E-state index contributed by atoms with van der Waals surface area (Å²) in [5, 5.41) is 7.88. The van der Waals surface area contributed by atoms with Crippen molar-refractivity contribution < 1.29 is 0 Å². The second kappa shape index (κ2) is 4.28. The number of rotatable bonds is 0. The smallest absolute Gasteiger partial charge is 0.0619 e. The number of fused-ring (bicyclic) bond motifs is 5. The van der Waals surface area contributed by atoms with Crippen molar-refractivity contribution in [1.29, 1.82) is 0 Å². The number of halogens is 1. The average molecular weight is 370 g/mol. The molecule has 0 aliphatic carbocycles. The zero-order chi connectivity index (χ0) is 15.8. The fraction of sp³-hybridized carbons (Fsp3) is 0. The van der Waals surface area contributed by atoms with Gasteiger partial charge in [-0.25, -0.2) is 0 Å². The molecule has 0 atom stereocenters. The number of benzene rings is 4. The molecule has 2 heteroatoms. The van der Waals surface area contributed by atoms with E-state index in [1.54, 1.807) is 0 Å². The van der Waals surface area contributed by atoms with Gasteiger partial charge in [0.15, 0.2) is 0 Å². The highest BCUT2D eigenvalue weighted by Crippen LogP contribution is 2.41. The van der Waals surface area contributed by atoms with E-state index in [2.05, 4.69) is 93.1 Å². The van der Waals surface area contributed by atoms with E-state index in [1.165, 1.54) is 48.9 Å². The molecule has 0 aliphatic rings. The minimum absolute atomic E-state index is 1.15. The van der Waals surface area contributed by atoms with Crippen molar-refractivity contribution in [3.63, 3.8) is 0 Å². The van der Waals surface area contributed by atoms with Gasteiger partial charge in [0, 0.05) is 26.0 Å². The van der Waals surface area contributed by atoms with Crippen molar-refractivity contribution >= 4 is 64.8 Å². The van der Waals surface area contributed by atoms with Crippen LogP contribution in [0.1, 0.15) is 0 Å². The highest BCUT2D eigenvalue weighted by molar-refractivity contribution is 9.10. The first-order chi connectivity index (χ1) is 11.8. The van der Waals surface area contributed by atoms with Gasteiger partial charge < -0.3 is 4.40 Å². The molecule has 2 aromatic heterocycles. The molecule has 0 spiro atoms. The molecule has 0 amide bonds. The SMILES string of the molecule is Brc1ccc2c3cccc4c5ccccc5n(c5cccc1c25)c34. The van der Waals surface area contributed by atoms with Crippen LogP contribution in [-0.4, -0.2) is 4.40 Å². The van der Waals surface area contributed by atoms with E-state index in [4.69, 9.17) is 0 Å². The van der Waals surface area contributed by atoms with Gasteiger partial charge in [-0.1, -0.05) is 70.5 Å². The molecule has 2 heterocycles. The van der Waals surface area contributed by atoms with E-state index in [0.717, 1.165) is 4.47 Å². The van der Waals surface area contributed by atoms with Crippen molar-refractivity contribution in [3.05, 3.63) is 77.3 Å². The normalized spacial score (nSPS) is 12.4. The molecule has 0 saturated carbocycles. The van der Waals surface area contributed by atoms with Crippen LogP contribution in [0.25, 0.3) is 48.9 Å². The molecular formula is C22H12BrN. The topological polar surface area (TPSA) is 4.41 Å². The van der Waals surface area contributed by atoms with Crippen LogP contribution in [0.5, 0.6) is 0 Å². The van der Waals surface area contributed by atoms with Crippen LogP contribution in [-0.2, 0) is 0 Å². The summed E-state index contributed by atoms with van der Waals surface area (Å²) in [6, 6.07) is 26.4. The van der Waals surface area contributed by atoms with E-state index in [-0.39, 0.29) is 0 Å². The number of hydrogen-bond donors (Lipinski definition) is 0. The van der Waals surface area contributed by atoms with Gasteiger partial charge in [0.2, 0.25) is 0 Å².